The number of ether oxygens (including phenoxy) is 1. The minimum atomic E-state index is -0.953. The number of aliphatic hydroxyl groups excluding tert-OH is 1. The van der Waals surface area contributed by atoms with Crippen molar-refractivity contribution in [3.8, 4) is 0 Å². The number of ketones is 1. The molecule has 1 saturated heterocycles. The Morgan fingerprint density at radius 2 is 2.24 bits per heavy atom. The van der Waals surface area contributed by atoms with Gasteiger partial charge in [-0.05, 0) is 24.6 Å². The van der Waals surface area contributed by atoms with E-state index in [1.54, 1.807) is 6.92 Å². The number of carbonyl (C=O) groups excluding carboxylic acids is 1. The first-order chi connectivity index (χ1) is 8.00. The van der Waals surface area contributed by atoms with Crippen LogP contribution in [0.2, 0.25) is 5.02 Å². The maximum atomic E-state index is 13.4. The molecule has 0 amide bonds. The van der Waals surface area contributed by atoms with Gasteiger partial charge in [-0.1, -0.05) is 11.6 Å². The fraction of sp³-hybridized carbons (Fsp3) is 0.417. The van der Waals surface area contributed by atoms with E-state index >= 15 is 0 Å². The number of halogens is 2. The summed E-state index contributed by atoms with van der Waals surface area (Å²) >= 11 is 5.93. The molecule has 1 N–H and O–H groups in total. The third kappa shape index (κ3) is 1.97. The third-order valence-electron chi connectivity index (χ3n) is 3.03. The minimum Gasteiger partial charge on any atom is -0.395 e. The lowest BCUT2D eigenvalue weighted by Crippen LogP contribution is -2.51. The molecule has 1 aliphatic heterocycles. The Morgan fingerprint density at radius 3 is 2.71 bits per heavy atom. The Hall–Kier alpha value is -0.970. The van der Waals surface area contributed by atoms with Crippen LogP contribution in [-0.2, 0) is 4.74 Å². The molecule has 17 heavy (non-hydrogen) atoms. The van der Waals surface area contributed by atoms with Gasteiger partial charge in [-0.15, -0.1) is 0 Å². The van der Waals surface area contributed by atoms with Crippen LogP contribution in [0.25, 0.3) is 0 Å². The smallest absolute Gasteiger partial charge is 0.177 e. The summed E-state index contributed by atoms with van der Waals surface area (Å²) in [7, 11) is 0. The molecule has 1 aliphatic rings. The SMILES string of the molecule is Cc1cc(Cl)c(C(=O)C2(CO)COC2)cc1F. The van der Waals surface area contributed by atoms with E-state index in [1.165, 1.54) is 6.07 Å². The molecule has 0 aromatic heterocycles. The lowest BCUT2D eigenvalue weighted by Gasteiger charge is -2.38. The molecule has 5 heteroatoms. The number of rotatable bonds is 3. The lowest BCUT2D eigenvalue weighted by molar-refractivity contribution is -0.109. The molecule has 0 unspecified atom stereocenters. The normalized spacial score (nSPS) is 17.6. The number of hydrogen-bond acceptors (Lipinski definition) is 3. The molecule has 1 aromatic carbocycles. The van der Waals surface area contributed by atoms with Gasteiger partial charge in [0.15, 0.2) is 5.78 Å². The van der Waals surface area contributed by atoms with Crippen LogP contribution < -0.4 is 0 Å². The second-order valence-corrected chi connectivity index (χ2v) is 4.75. The van der Waals surface area contributed by atoms with Gasteiger partial charge in [-0.3, -0.25) is 4.79 Å². The van der Waals surface area contributed by atoms with Crippen molar-refractivity contribution < 1.29 is 19.0 Å². The van der Waals surface area contributed by atoms with Crippen molar-refractivity contribution in [1.82, 2.24) is 0 Å². The number of aryl methyl sites for hydroxylation is 1. The first kappa shape index (κ1) is 12.5. The van der Waals surface area contributed by atoms with Crippen molar-refractivity contribution in [2.24, 2.45) is 5.41 Å². The molecule has 2 rings (SSSR count). The van der Waals surface area contributed by atoms with Crippen molar-refractivity contribution in [2.75, 3.05) is 19.8 Å². The molecule has 92 valence electrons. The van der Waals surface area contributed by atoms with Gasteiger partial charge in [0.05, 0.1) is 24.8 Å². The summed E-state index contributed by atoms with van der Waals surface area (Å²) in [6.45, 7) is 1.55. The van der Waals surface area contributed by atoms with Crippen LogP contribution in [0.4, 0.5) is 4.39 Å². The van der Waals surface area contributed by atoms with Gasteiger partial charge in [0.25, 0.3) is 0 Å². The number of benzene rings is 1. The van der Waals surface area contributed by atoms with E-state index < -0.39 is 11.2 Å². The Balaban J connectivity index is 2.40. The zero-order valence-corrected chi connectivity index (χ0v) is 10.1. The van der Waals surface area contributed by atoms with Crippen LogP contribution in [-0.4, -0.2) is 30.7 Å². The van der Waals surface area contributed by atoms with E-state index in [9.17, 15) is 14.3 Å². The van der Waals surface area contributed by atoms with Crippen molar-refractivity contribution >= 4 is 17.4 Å². The molecule has 0 spiro atoms. The summed E-state index contributed by atoms with van der Waals surface area (Å²) < 4.78 is 18.4. The summed E-state index contributed by atoms with van der Waals surface area (Å²) in [5.41, 5.74) is -0.465. The van der Waals surface area contributed by atoms with Crippen LogP contribution in [0, 0.1) is 18.2 Å². The minimum absolute atomic E-state index is 0.104. The standard InChI is InChI=1S/C12H12ClFO3/c1-7-2-9(13)8(3-10(7)14)11(16)12(4-15)5-17-6-12/h2-3,15H,4-6H2,1H3. The molecule has 3 nitrogen and oxygen atoms in total. The molecular weight excluding hydrogens is 247 g/mol. The van der Waals surface area contributed by atoms with E-state index in [0.29, 0.717) is 5.56 Å². The number of Topliss-reactive ketones (excluding diaryl/α,β-unsaturated/α-hetero) is 1. The summed E-state index contributed by atoms with van der Waals surface area (Å²) in [6.07, 6.45) is 0. The van der Waals surface area contributed by atoms with Gasteiger partial charge in [-0.25, -0.2) is 4.39 Å². The van der Waals surface area contributed by atoms with Crippen molar-refractivity contribution in [2.45, 2.75) is 6.92 Å². The number of aliphatic hydroxyl groups is 1. The Morgan fingerprint density at radius 1 is 1.59 bits per heavy atom. The van der Waals surface area contributed by atoms with Gasteiger partial charge in [0.2, 0.25) is 0 Å². The van der Waals surface area contributed by atoms with Crippen molar-refractivity contribution in [1.29, 1.82) is 0 Å². The lowest BCUT2D eigenvalue weighted by atomic mass is 9.79. The molecule has 0 atom stereocenters. The molecule has 1 heterocycles. The maximum Gasteiger partial charge on any atom is 0.177 e. The highest BCUT2D eigenvalue weighted by Gasteiger charge is 2.46. The molecular formula is C12H12ClFO3. The zero-order valence-electron chi connectivity index (χ0n) is 9.30. The first-order valence-corrected chi connectivity index (χ1v) is 5.57. The van der Waals surface area contributed by atoms with Gasteiger partial charge in [0.1, 0.15) is 11.2 Å². The Kier molecular flexibility index (Phi) is 3.21. The number of carbonyl (C=O) groups is 1. The first-order valence-electron chi connectivity index (χ1n) is 5.19. The molecule has 0 saturated carbocycles. The second kappa shape index (κ2) is 4.37. The predicted octanol–water partition coefficient (Wildman–Crippen LogP) is 1.98. The van der Waals surface area contributed by atoms with Crippen LogP contribution in [0.1, 0.15) is 15.9 Å². The molecule has 0 radical (unpaired) electrons. The monoisotopic (exact) mass is 258 g/mol. The third-order valence-corrected chi connectivity index (χ3v) is 3.35. The highest BCUT2D eigenvalue weighted by Crippen LogP contribution is 2.34. The van der Waals surface area contributed by atoms with E-state index in [-0.39, 0.29) is 36.2 Å². The average molecular weight is 259 g/mol. The van der Waals surface area contributed by atoms with E-state index in [0.717, 1.165) is 6.07 Å². The summed E-state index contributed by atoms with van der Waals surface area (Å²) in [5, 5.41) is 9.45. The second-order valence-electron chi connectivity index (χ2n) is 4.34. The molecule has 0 bridgehead atoms. The fourth-order valence-corrected chi connectivity index (χ4v) is 2.05. The van der Waals surface area contributed by atoms with Crippen molar-refractivity contribution in [3.05, 3.63) is 34.1 Å². The summed E-state index contributed by atoms with van der Waals surface area (Å²) in [4.78, 5) is 12.2. The van der Waals surface area contributed by atoms with Gasteiger partial charge >= 0.3 is 0 Å². The highest BCUT2D eigenvalue weighted by molar-refractivity contribution is 6.34. The largest absolute Gasteiger partial charge is 0.395 e. The predicted molar refractivity (Wildman–Crippen MR) is 60.8 cm³/mol. The molecule has 1 aromatic rings. The van der Waals surface area contributed by atoms with Gasteiger partial charge in [-0.2, -0.15) is 0 Å². The Bertz CT molecular complexity index is 464. The zero-order chi connectivity index (χ0) is 12.6. The summed E-state index contributed by atoms with van der Waals surface area (Å²) in [5.74, 6) is -0.846. The molecule has 1 fully saturated rings. The van der Waals surface area contributed by atoms with Crippen LogP contribution in [0.15, 0.2) is 12.1 Å². The van der Waals surface area contributed by atoms with Gasteiger partial charge < -0.3 is 9.84 Å². The Labute approximate surface area is 103 Å². The van der Waals surface area contributed by atoms with E-state index in [4.69, 9.17) is 16.3 Å². The average Bonchev–Trinajstić information content (AvgIpc) is 2.22. The number of hydrogen-bond donors (Lipinski definition) is 1. The van der Waals surface area contributed by atoms with E-state index in [1.807, 2.05) is 0 Å². The topological polar surface area (TPSA) is 46.5 Å². The van der Waals surface area contributed by atoms with Gasteiger partial charge in [0, 0.05) is 5.56 Å². The molecule has 0 aliphatic carbocycles. The van der Waals surface area contributed by atoms with Crippen LogP contribution in [0.5, 0.6) is 0 Å². The quantitative estimate of drug-likeness (QED) is 0.844. The van der Waals surface area contributed by atoms with Crippen LogP contribution >= 0.6 is 11.6 Å². The highest BCUT2D eigenvalue weighted by atomic mass is 35.5. The van der Waals surface area contributed by atoms with E-state index in [2.05, 4.69) is 0 Å². The van der Waals surface area contributed by atoms with Crippen LogP contribution in [0.3, 0.4) is 0 Å². The van der Waals surface area contributed by atoms with Crippen molar-refractivity contribution in [3.63, 3.8) is 0 Å². The summed E-state index contributed by atoms with van der Waals surface area (Å²) in [6, 6.07) is 2.53. The fourth-order valence-electron chi connectivity index (χ4n) is 1.75. The maximum absolute atomic E-state index is 13.4.